The number of aromatic nitrogens is 3. The minimum atomic E-state index is 0.986. The highest BCUT2D eigenvalue weighted by molar-refractivity contribution is 5.90. The van der Waals surface area contributed by atoms with Gasteiger partial charge in [0.1, 0.15) is 6.33 Å². The van der Waals surface area contributed by atoms with E-state index in [2.05, 4.69) is 166 Å². The summed E-state index contributed by atoms with van der Waals surface area (Å²) < 4.78 is 2.24. The smallest absolute Gasteiger partial charge is 0.115 e. The minimum Gasteiger partial charge on any atom is -0.317 e. The largest absolute Gasteiger partial charge is 0.317 e. The molecule has 212 valence electrons. The molecule has 8 aromatic rings. The van der Waals surface area contributed by atoms with Gasteiger partial charge in [-0.3, -0.25) is 0 Å². The molecule has 0 fully saturated rings. The van der Waals surface area contributed by atoms with E-state index in [9.17, 15) is 0 Å². The number of nitrogens with zero attached hydrogens (tertiary/aromatic N) is 3. The lowest BCUT2D eigenvalue weighted by atomic mass is 9.90. The lowest BCUT2D eigenvalue weighted by Gasteiger charge is -2.14. The normalized spacial score (nSPS) is 11.1. The fourth-order valence-electron chi connectivity index (χ4n) is 6.10. The molecule has 6 aromatic carbocycles. The minimum absolute atomic E-state index is 0.986. The number of benzene rings is 6. The van der Waals surface area contributed by atoms with Gasteiger partial charge in [-0.2, -0.15) is 0 Å². The summed E-state index contributed by atoms with van der Waals surface area (Å²) in [6.45, 7) is 0. The molecule has 3 heteroatoms. The van der Waals surface area contributed by atoms with Gasteiger partial charge in [0.15, 0.2) is 0 Å². The van der Waals surface area contributed by atoms with Gasteiger partial charge in [-0.05, 0) is 117 Å². The monoisotopic (exact) mass is 575 g/mol. The van der Waals surface area contributed by atoms with Gasteiger partial charge >= 0.3 is 0 Å². The van der Waals surface area contributed by atoms with Crippen molar-refractivity contribution in [3.05, 3.63) is 177 Å². The first-order valence-corrected chi connectivity index (χ1v) is 15.1. The molecule has 0 amide bonds. The van der Waals surface area contributed by atoms with Gasteiger partial charge in [-0.25, -0.2) is 9.97 Å². The van der Waals surface area contributed by atoms with Crippen molar-refractivity contribution in [3.63, 3.8) is 0 Å². The van der Waals surface area contributed by atoms with Gasteiger partial charge < -0.3 is 4.57 Å². The third-order valence-electron chi connectivity index (χ3n) is 8.37. The van der Waals surface area contributed by atoms with Crippen molar-refractivity contribution in [2.45, 2.75) is 0 Å². The number of hydrogen-bond acceptors (Lipinski definition) is 2. The summed E-state index contributed by atoms with van der Waals surface area (Å²) in [5, 5.41) is 1.20. The molecule has 2 aromatic heterocycles. The Hall–Kier alpha value is -6.06. The average Bonchev–Trinajstić information content (AvgIpc) is 3.56. The fraction of sp³-hybridized carbons (Fsp3) is 0. The van der Waals surface area contributed by atoms with E-state index >= 15 is 0 Å². The summed E-state index contributed by atoms with van der Waals surface area (Å²) >= 11 is 0. The molecule has 0 aliphatic rings. The maximum atomic E-state index is 4.33. The molecule has 0 saturated heterocycles. The highest BCUT2D eigenvalue weighted by atomic mass is 15.0. The third kappa shape index (κ3) is 5.32. The molecule has 0 N–H and O–H groups in total. The Morgan fingerprint density at radius 2 is 0.822 bits per heavy atom. The van der Waals surface area contributed by atoms with E-state index in [-0.39, 0.29) is 0 Å². The molecule has 0 aliphatic heterocycles. The van der Waals surface area contributed by atoms with Crippen molar-refractivity contribution < 1.29 is 0 Å². The van der Waals surface area contributed by atoms with E-state index in [1.54, 1.807) is 6.33 Å². The Morgan fingerprint density at radius 3 is 1.38 bits per heavy atom. The van der Waals surface area contributed by atoms with Crippen LogP contribution in [-0.2, 0) is 0 Å². The van der Waals surface area contributed by atoms with Gasteiger partial charge in [0.05, 0.1) is 5.52 Å². The Bertz CT molecular complexity index is 2180. The zero-order valence-corrected chi connectivity index (χ0v) is 24.6. The van der Waals surface area contributed by atoms with Crippen LogP contribution in [0.4, 0.5) is 0 Å². The number of fused-ring (bicyclic) bond motifs is 1. The number of para-hydroxylation sites is 1. The topological polar surface area (TPSA) is 30.7 Å². The second-order valence-corrected chi connectivity index (χ2v) is 11.3. The third-order valence-corrected chi connectivity index (χ3v) is 8.37. The lowest BCUT2D eigenvalue weighted by molar-refractivity contribution is 1.13. The van der Waals surface area contributed by atoms with E-state index in [1.807, 2.05) is 18.5 Å². The quantitative estimate of drug-likeness (QED) is 0.197. The van der Waals surface area contributed by atoms with Crippen molar-refractivity contribution >= 4 is 10.9 Å². The molecule has 0 unspecified atom stereocenters. The van der Waals surface area contributed by atoms with Crippen molar-refractivity contribution in [3.8, 4) is 61.3 Å². The van der Waals surface area contributed by atoms with Crippen LogP contribution in [0, 0.1) is 0 Å². The zero-order valence-electron chi connectivity index (χ0n) is 24.6. The molecule has 0 saturated carbocycles. The summed E-state index contributed by atoms with van der Waals surface area (Å²) in [4.78, 5) is 8.66. The highest BCUT2D eigenvalue weighted by Crippen LogP contribution is 2.38. The summed E-state index contributed by atoms with van der Waals surface area (Å²) in [5.74, 6) is 0. The van der Waals surface area contributed by atoms with E-state index in [1.165, 1.54) is 33.2 Å². The molecular weight excluding hydrogens is 546 g/mol. The highest BCUT2D eigenvalue weighted by Gasteiger charge is 2.13. The van der Waals surface area contributed by atoms with Crippen molar-refractivity contribution in [2.75, 3.05) is 0 Å². The predicted octanol–water partition coefficient (Wildman–Crippen LogP) is 10.8. The van der Waals surface area contributed by atoms with Gasteiger partial charge in [-0.15, -0.1) is 0 Å². The SMILES string of the molecule is c1ccc(-c2cc(-c3ccccc3)cc(-c3cc(-c4cncnc4)cc(-c4ccc5c(ccn5-c5ccccc5)c4)c3)c2)cc1. The Labute approximate surface area is 262 Å². The van der Waals surface area contributed by atoms with Crippen LogP contribution in [-0.4, -0.2) is 14.5 Å². The summed E-state index contributed by atoms with van der Waals surface area (Å²) in [5.41, 5.74) is 13.8. The molecule has 45 heavy (non-hydrogen) atoms. The second-order valence-electron chi connectivity index (χ2n) is 11.3. The summed E-state index contributed by atoms with van der Waals surface area (Å²) in [6.07, 6.45) is 7.49. The van der Waals surface area contributed by atoms with Crippen LogP contribution in [0.5, 0.6) is 0 Å². The Balaban J connectivity index is 1.31. The molecule has 0 radical (unpaired) electrons. The molecule has 2 heterocycles. The first-order valence-electron chi connectivity index (χ1n) is 15.1. The summed E-state index contributed by atoms with van der Waals surface area (Å²) in [6, 6.07) is 54.3. The molecule has 0 bridgehead atoms. The molecule has 3 nitrogen and oxygen atoms in total. The van der Waals surface area contributed by atoms with Crippen LogP contribution < -0.4 is 0 Å². The van der Waals surface area contributed by atoms with Gasteiger partial charge in [-0.1, -0.05) is 84.9 Å². The molecular formula is C42H29N3. The Kier molecular flexibility index (Phi) is 6.82. The Morgan fingerprint density at radius 1 is 0.356 bits per heavy atom. The van der Waals surface area contributed by atoms with Gasteiger partial charge in [0, 0.05) is 35.2 Å². The van der Waals surface area contributed by atoms with Crippen LogP contribution in [0.2, 0.25) is 0 Å². The maximum absolute atomic E-state index is 4.33. The number of hydrogen-bond donors (Lipinski definition) is 0. The van der Waals surface area contributed by atoms with Crippen LogP contribution >= 0.6 is 0 Å². The molecule has 8 rings (SSSR count). The first-order chi connectivity index (χ1) is 22.3. The van der Waals surface area contributed by atoms with Crippen LogP contribution in [0.3, 0.4) is 0 Å². The average molecular weight is 576 g/mol. The second kappa shape index (κ2) is 11.6. The zero-order chi connectivity index (χ0) is 30.0. The number of rotatable bonds is 6. The first kappa shape index (κ1) is 26.6. The fourth-order valence-corrected chi connectivity index (χ4v) is 6.10. The maximum Gasteiger partial charge on any atom is 0.115 e. The summed E-state index contributed by atoms with van der Waals surface area (Å²) in [7, 11) is 0. The van der Waals surface area contributed by atoms with Crippen molar-refractivity contribution in [2.24, 2.45) is 0 Å². The van der Waals surface area contributed by atoms with Gasteiger partial charge in [0.25, 0.3) is 0 Å². The van der Waals surface area contributed by atoms with Crippen LogP contribution in [0.1, 0.15) is 0 Å². The van der Waals surface area contributed by atoms with E-state index in [0.29, 0.717) is 0 Å². The van der Waals surface area contributed by atoms with Crippen LogP contribution in [0.25, 0.3) is 72.2 Å². The molecule has 0 atom stereocenters. The van der Waals surface area contributed by atoms with Gasteiger partial charge in [0.2, 0.25) is 0 Å². The van der Waals surface area contributed by atoms with E-state index in [0.717, 1.165) is 39.1 Å². The van der Waals surface area contributed by atoms with Crippen molar-refractivity contribution in [1.29, 1.82) is 0 Å². The predicted molar refractivity (Wildman–Crippen MR) is 186 cm³/mol. The van der Waals surface area contributed by atoms with E-state index < -0.39 is 0 Å². The lowest BCUT2D eigenvalue weighted by Crippen LogP contribution is -1.91. The van der Waals surface area contributed by atoms with Crippen molar-refractivity contribution in [1.82, 2.24) is 14.5 Å². The van der Waals surface area contributed by atoms with Crippen LogP contribution in [0.15, 0.2) is 177 Å². The standard InChI is InChI=1S/C42H29N3/c1-4-10-30(11-5-1)34-21-35(31-12-6-2-7-13-31)23-37(22-34)38-24-36(25-39(26-38)40-27-43-29-44-28-40)32-16-17-42-33(20-32)18-19-45(42)41-14-8-3-9-15-41/h1-29H. The van der Waals surface area contributed by atoms with E-state index in [4.69, 9.17) is 0 Å². The molecule has 0 aliphatic carbocycles. The molecule has 0 spiro atoms.